The van der Waals surface area contributed by atoms with Gasteiger partial charge < -0.3 is 29.6 Å². The van der Waals surface area contributed by atoms with E-state index in [9.17, 15) is 4.79 Å². The van der Waals surface area contributed by atoms with Crippen LogP contribution in [0.4, 0.5) is 16.3 Å². The van der Waals surface area contributed by atoms with E-state index in [2.05, 4.69) is 41.7 Å². The lowest BCUT2D eigenvalue weighted by atomic mass is 10.2. The minimum Gasteiger partial charge on any atom is -0.385 e. The smallest absolute Gasteiger partial charge is 0.319 e. The van der Waals surface area contributed by atoms with Gasteiger partial charge >= 0.3 is 6.03 Å². The fourth-order valence-electron chi connectivity index (χ4n) is 4.08. The van der Waals surface area contributed by atoms with E-state index < -0.39 is 0 Å². The third kappa shape index (κ3) is 6.65. The van der Waals surface area contributed by atoms with Gasteiger partial charge in [0, 0.05) is 63.5 Å². The molecule has 1 aliphatic heterocycles. The molecule has 1 aliphatic rings. The number of urea groups is 1. The number of ether oxygens (including phenoxy) is 2. The first-order valence-electron chi connectivity index (χ1n) is 13.1. The second-order valence-electron chi connectivity index (χ2n) is 8.59. The average Bonchev–Trinajstić information content (AvgIpc) is 3.37. The highest BCUT2D eigenvalue weighted by molar-refractivity contribution is 5.90. The number of benzene rings is 1. The van der Waals surface area contributed by atoms with Gasteiger partial charge in [-0.05, 0) is 45.0 Å². The van der Waals surface area contributed by atoms with Gasteiger partial charge in [-0.15, -0.1) is 0 Å². The van der Waals surface area contributed by atoms with Crippen LogP contribution < -0.4 is 15.5 Å². The van der Waals surface area contributed by atoms with Gasteiger partial charge in [0.05, 0.1) is 18.8 Å². The van der Waals surface area contributed by atoms with Gasteiger partial charge in [-0.2, -0.15) is 0 Å². The highest BCUT2D eigenvalue weighted by atomic mass is 16.5. The van der Waals surface area contributed by atoms with Crippen LogP contribution in [0.1, 0.15) is 20.8 Å². The van der Waals surface area contributed by atoms with Crippen molar-refractivity contribution in [3.63, 3.8) is 0 Å². The Hall–Kier alpha value is -4.16. The van der Waals surface area contributed by atoms with Crippen molar-refractivity contribution in [3.05, 3.63) is 43.0 Å². The van der Waals surface area contributed by atoms with Crippen molar-refractivity contribution in [2.24, 2.45) is 0 Å². The minimum absolute atomic E-state index is 0.239. The number of nitrogens with one attached hydrogen (secondary N) is 2. The fourth-order valence-corrected chi connectivity index (χ4v) is 4.08. The van der Waals surface area contributed by atoms with Gasteiger partial charge in [0.25, 0.3) is 0 Å². The Bertz CT molecular complexity index is 1350. The van der Waals surface area contributed by atoms with Crippen molar-refractivity contribution in [1.29, 1.82) is 0 Å². The van der Waals surface area contributed by atoms with Gasteiger partial charge in [-0.3, -0.25) is 0 Å². The molecule has 12 nitrogen and oxygen atoms in total. The number of amides is 2. The highest BCUT2D eigenvalue weighted by Gasteiger charge is 2.23. The molecule has 0 bridgehead atoms. The number of rotatable bonds is 7. The van der Waals surface area contributed by atoms with Crippen molar-refractivity contribution in [2.45, 2.75) is 27.3 Å². The quantitative estimate of drug-likeness (QED) is 0.366. The molecule has 1 saturated heterocycles. The van der Waals surface area contributed by atoms with E-state index in [0.717, 1.165) is 53.6 Å². The number of aryl methyl sites for hydroxylation is 1. The van der Waals surface area contributed by atoms with E-state index in [0.29, 0.717) is 37.8 Å². The molecule has 0 atom stereocenters. The molecule has 5 rings (SSSR count). The molecule has 4 aromatic rings. The minimum atomic E-state index is -0.239. The molecular formula is C27H35N9O3. The van der Waals surface area contributed by atoms with Crippen LogP contribution in [-0.4, -0.2) is 82.1 Å². The van der Waals surface area contributed by atoms with E-state index >= 15 is 0 Å². The molecule has 0 radical (unpaired) electrons. The summed E-state index contributed by atoms with van der Waals surface area (Å²) in [5.74, 6) is 2.13. The number of hydrogen-bond acceptors (Lipinski definition) is 9. The first kappa shape index (κ1) is 27.9. The van der Waals surface area contributed by atoms with Crippen molar-refractivity contribution in [3.8, 4) is 22.8 Å². The normalized spacial score (nSPS) is 13.1. The summed E-state index contributed by atoms with van der Waals surface area (Å²) in [5, 5.41) is 5.54. The number of nitrogens with zero attached hydrogens (tertiary/aromatic N) is 7. The van der Waals surface area contributed by atoms with Crippen LogP contribution >= 0.6 is 0 Å². The third-order valence-electron chi connectivity index (χ3n) is 6.05. The standard InChI is InChI=1S/C24H27N9O2.C3H8O/c1-3-27-24(34)28-18-7-5-16(6-8-18)20-30-22(32-9-11-35-12-10-32)19-23(31-20)33(4-2)21(29-19)17-13-25-15-26-14-17;1-3-4-2/h5-8,13-15H,3-4,9-12H2,1-2H3,(H2,27,28,34);3H2,1-2H3. The zero-order chi connectivity index (χ0) is 27.6. The van der Waals surface area contributed by atoms with Crippen LogP contribution in [0.25, 0.3) is 33.9 Å². The molecule has 2 amide bonds. The van der Waals surface area contributed by atoms with Crippen molar-refractivity contribution >= 4 is 28.7 Å². The van der Waals surface area contributed by atoms with Crippen LogP contribution in [0.2, 0.25) is 0 Å². The van der Waals surface area contributed by atoms with Crippen LogP contribution in [0, 0.1) is 0 Å². The number of fused-ring (bicyclic) bond motifs is 1. The molecule has 0 spiro atoms. The van der Waals surface area contributed by atoms with Crippen LogP contribution in [0.5, 0.6) is 0 Å². The van der Waals surface area contributed by atoms with Gasteiger partial charge in [0.1, 0.15) is 12.2 Å². The maximum Gasteiger partial charge on any atom is 0.319 e. The number of morpholine rings is 1. The molecule has 3 aromatic heterocycles. The lowest BCUT2D eigenvalue weighted by Gasteiger charge is -2.28. The van der Waals surface area contributed by atoms with Gasteiger partial charge in [-0.1, -0.05) is 0 Å². The number of methoxy groups -OCH3 is 1. The van der Waals surface area contributed by atoms with Crippen molar-refractivity contribution in [2.75, 3.05) is 56.8 Å². The zero-order valence-electron chi connectivity index (χ0n) is 22.8. The molecule has 1 aromatic carbocycles. The molecule has 4 heterocycles. The Morgan fingerprint density at radius 1 is 1.00 bits per heavy atom. The van der Waals surface area contributed by atoms with Gasteiger partial charge in [0.15, 0.2) is 22.8 Å². The summed E-state index contributed by atoms with van der Waals surface area (Å²) < 4.78 is 12.2. The molecule has 12 heteroatoms. The molecule has 206 valence electrons. The number of carbonyl (C=O) groups is 1. The number of anilines is 2. The molecular weight excluding hydrogens is 498 g/mol. The number of imidazole rings is 1. The summed E-state index contributed by atoms with van der Waals surface area (Å²) in [5.41, 5.74) is 3.85. The summed E-state index contributed by atoms with van der Waals surface area (Å²) in [6.07, 6.45) is 5.01. The lowest BCUT2D eigenvalue weighted by Crippen LogP contribution is -2.37. The number of carbonyl (C=O) groups excluding carboxylic acids is 1. The maximum absolute atomic E-state index is 11.8. The van der Waals surface area contributed by atoms with E-state index in [4.69, 9.17) is 19.7 Å². The predicted octanol–water partition coefficient (Wildman–Crippen LogP) is 3.60. The monoisotopic (exact) mass is 533 g/mol. The highest BCUT2D eigenvalue weighted by Crippen LogP contribution is 2.31. The van der Waals surface area contributed by atoms with Crippen LogP contribution in [-0.2, 0) is 16.0 Å². The Morgan fingerprint density at radius 2 is 1.69 bits per heavy atom. The third-order valence-corrected chi connectivity index (χ3v) is 6.05. The first-order chi connectivity index (χ1) is 19.1. The summed E-state index contributed by atoms with van der Waals surface area (Å²) in [7, 11) is 1.68. The first-order valence-corrected chi connectivity index (χ1v) is 13.1. The van der Waals surface area contributed by atoms with E-state index in [1.165, 1.54) is 6.33 Å². The second-order valence-corrected chi connectivity index (χ2v) is 8.59. The fraction of sp³-hybridized carbons (Fsp3) is 0.407. The summed E-state index contributed by atoms with van der Waals surface area (Å²) in [6, 6.07) is 7.26. The van der Waals surface area contributed by atoms with Gasteiger partial charge in [0.2, 0.25) is 0 Å². The summed E-state index contributed by atoms with van der Waals surface area (Å²) in [4.78, 5) is 37.2. The molecule has 2 N–H and O–H groups in total. The van der Waals surface area contributed by atoms with E-state index in [1.54, 1.807) is 19.5 Å². The Kier molecular flexibility index (Phi) is 9.70. The Balaban J connectivity index is 0.000000826. The SMILES string of the molecule is CCNC(=O)Nc1ccc(-c2nc(N3CCOCC3)c3nc(-c4cncnc4)n(CC)c3n2)cc1.CCOC. The average molecular weight is 534 g/mol. The summed E-state index contributed by atoms with van der Waals surface area (Å²) >= 11 is 0. The van der Waals surface area contributed by atoms with E-state index in [-0.39, 0.29) is 6.03 Å². The largest absolute Gasteiger partial charge is 0.385 e. The van der Waals surface area contributed by atoms with E-state index in [1.807, 2.05) is 38.1 Å². The zero-order valence-corrected chi connectivity index (χ0v) is 22.8. The second kappa shape index (κ2) is 13.6. The van der Waals surface area contributed by atoms with Crippen LogP contribution in [0.15, 0.2) is 43.0 Å². The topological polar surface area (TPSA) is 132 Å². The molecule has 0 aliphatic carbocycles. The molecule has 1 fully saturated rings. The molecule has 0 unspecified atom stereocenters. The summed E-state index contributed by atoms with van der Waals surface area (Å²) in [6.45, 7) is 10.7. The maximum atomic E-state index is 11.8. The lowest BCUT2D eigenvalue weighted by molar-refractivity contribution is 0.122. The van der Waals surface area contributed by atoms with Crippen LogP contribution in [0.3, 0.4) is 0 Å². The molecule has 39 heavy (non-hydrogen) atoms. The Morgan fingerprint density at radius 3 is 2.31 bits per heavy atom. The predicted molar refractivity (Wildman–Crippen MR) is 151 cm³/mol. The molecule has 0 saturated carbocycles. The Labute approximate surface area is 227 Å². The van der Waals surface area contributed by atoms with Crippen molar-refractivity contribution in [1.82, 2.24) is 34.8 Å². The number of hydrogen-bond donors (Lipinski definition) is 2. The van der Waals surface area contributed by atoms with Crippen molar-refractivity contribution < 1.29 is 14.3 Å². The van der Waals surface area contributed by atoms with Gasteiger partial charge in [-0.25, -0.2) is 29.7 Å². The number of aromatic nitrogens is 6.